The average Bonchev–Trinajstić information content (AvgIpc) is 2.53. The van der Waals surface area contributed by atoms with Crippen LogP contribution in [0.15, 0.2) is 54.6 Å². The van der Waals surface area contributed by atoms with Crippen molar-refractivity contribution in [1.82, 2.24) is 0 Å². The highest BCUT2D eigenvalue weighted by atomic mass is 16.6. The molecule has 0 fully saturated rings. The minimum atomic E-state index is -0.464. The van der Waals surface area contributed by atoms with Crippen molar-refractivity contribution in [3.63, 3.8) is 0 Å². The topological polar surface area (TPSA) is 72.2 Å². The number of anilines is 1. The first-order chi connectivity index (χ1) is 11.3. The summed E-state index contributed by atoms with van der Waals surface area (Å²) in [5.41, 5.74) is 2.55. The third kappa shape index (κ3) is 4.78. The van der Waals surface area contributed by atoms with E-state index in [1.165, 1.54) is 23.8 Å². The summed E-state index contributed by atoms with van der Waals surface area (Å²) in [6, 6.07) is 13.8. The molecule has 0 atom stereocenters. The van der Waals surface area contributed by atoms with Crippen molar-refractivity contribution >= 4 is 23.4 Å². The Morgan fingerprint density at radius 3 is 2.38 bits per heavy atom. The fraction of sp³-hybridized carbons (Fsp3) is 0.211. The number of rotatable bonds is 4. The van der Waals surface area contributed by atoms with Crippen LogP contribution in [0.5, 0.6) is 0 Å². The van der Waals surface area contributed by atoms with Gasteiger partial charge in [0.15, 0.2) is 0 Å². The zero-order chi connectivity index (χ0) is 17.7. The van der Waals surface area contributed by atoms with Gasteiger partial charge in [-0.3, -0.25) is 14.9 Å². The number of nitro benzene ring substituents is 1. The lowest BCUT2D eigenvalue weighted by molar-refractivity contribution is -0.384. The second-order valence-electron chi connectivity index (χ2n) is 6.50. The molecule has 0 heterocycles. The van der Waals surface area contributed by atoms with Crippen molar-refractivity contribution in [2.45, 2.75) is 26.2 Å². The summed E-state index contributed by atoms with van der Waals surface area (Å²) in [4.78, 5) is 22.2. The van der Waals surface area contributed by atoms with Crippen LogP contribution >= 0.6 is 0 Å². The van der Waals surface area contributed by atoms with Gasteiger partial charge in [-0.25, -0.2) is 0 Å². The van der Waals surface area contributed by atoms with E-state index in [0.29, 0.717) is 11.3 Å². The van der Waals surface area contributed by atoms with Crippen molar-refractivity contribution in [2.24, 2.45) is 0 Å². The molecule has 1 N–H and O–H groups in total. The molecule has 2 aromatic carbocycles. The Balaban J connectivity index is 2.03. The smallest absolute Gasteiger partial charge is 0.270 e. The fourth-order valence-electron chi connectivity index (χ4n) is 2.15. The van der Waals surface area contributed by atoms with E-state index in [4.69, 9.17) is 0 Å². The summed E-state index contributed by atoms with van der Waals surface area (Å²) in [5, 5.41) is 13.5. The van der Waals surface area contributed by atoms with Gasteiger partial charge in [0.2, 0.25) is 5.91 Å². The van der Waals surface area contributed by atoms with E-state index in [1.807, 2.05) is 24.3 Å². The summed E-state index contributed by atoms with van der Waals surface area (Å²) < 4.78 is 0. The van der Waals surface area contributed by atoms with Crippen LogP contribution in [-0.2, 0) is 10.2 Å². The number of nitro groups is 1. The zero-order valence-electron chi connectivity index (χ0n) is 13.9. The molecule has 0 saturated heterocycles. The quantitative estimate of drug-likeness (QED) is 0.509. The van der Waals surface area contributed by atoms with Crippen LogP contribution in [0, 0.1) is 10.1 Å². The molecule has 1 amide bonds. The number of non-ortho nitro benzene ring substituents is 1. The number of carbonyl (C=O) groups is 1. The van der Waals surface area contributed by atoms with Crippen molar-refractivity contribution < 1.29 is 9.72 Å². The van der Waals surface area contributed by atoms with Gasteiger partial charge in [-0.05, 0) is 34.8 Å². The van der Waals surface area contributed by atoms with E-state index in [-0.39, 0.29) is 17.0 Å². The minimum absolute atomic E-state index is 0.00433. The second kappa shape index (κ2) is 7.08. The number of nitrogens with zero attached hydrogens (tertiary/aromatic N) is 1. The van der Waals surface area contributed by atoms with Gasteiger partial charge in [0.1, 0.15) is 0 Å². The molecule has 0 aliphatic carbocycles. The SMILES string of the molecule is CC(C)(C)c1ccc(NC(=O)/C=C/c2cccc([N+](=O)[O-])c2)cc1. The lowest BCUT2D eigenvalue weighted by Gasteiger charge is -2.19. The van der Waals surface area contributed by atoms with E-state index in [9.17, 15) is 14.9 Å². The highest BCUT2D eigenvalue weighted by Crippen LogP contribution is 2.23. The molecule has 0 radical (unpaired) electrons. The largest absolute Gasteiger partial charge is 0.323 e. The molecule has 24 heavy (non-hydrogen) atoms. The van der Waals surface area contributed by atoms with E-state index in [0.717, 1.165) is 0 Å². The lowest BCUT2D eigenvalue weighted by atomic mass is 9.87. The highest BCUT2D eigenvalue weighted by Gasteiger charge is 2.12. The van der Waals surface area contributed by atoms with Gasteiger partial charge in [0.05, 0.1) is 4.92 Å². The standard InChI is InChI=1S/C19H20N2O3/c1-19(2,3)15-8-10-16(11-9-15)20-18(22)12-7-14-5-4-6-17(13-14)21(23)24/h4-13H,1-3H3,(H,20,22)/b12-7+. The van der Waals surface area contributed by atoms with Gasteiger partial charge in [0, 0.05) is 23.9 Å². The van der Waals surface area contributed by atoms with Gasteiger partial charge in [-0.2, -0.15) is 0 Å². The monoisotopic (exact) mass is 324 g/mol. The van der Waals surface area contributed by atoms with Crippen LogP contribution in [0.4, 0.5) is 11.4 Å². The van der Waals surface area contributed by atoms with Crippen LogP contribution in [0.25, 0.3) is 6.08 Å². The molecule has 124 valence electrons. The van der Waals surface area contributed by atoms with Crippen molar-refractivity contribution in [3.05, 3.63) is 75.8 Å². The maximum absolute atomic E-state index is 12.0. The average molecular weight is 324 g/mol. The third-order valence-corrected chi connectivity index (χ3v) is 3.53. The number of amides is 1. The predicted octanol–water partition coefficient (Wildman–Crippen LogP) is 4.54. The molecule has 0 aliphatic rings. The number of nitrogens with one attached hydrogen (secondary N) is 1. The summed E-state index contributed by atoms with van der Waals surface area (Å²) >= 11 is 0. The first kappa shape index (κ1) is 17.4. The first-order valence-corrected chi connectivity index (χ1v) is 7.60. The maximum Gasteiger partial charge on any atom is 0.270 e. The summed E-state index contributed by atoms with van der Waals surface area (Å²) in [7, 11) is 0. The lowest BCUT2D eigenvalue weighted by Crippen LogP contribution is -2.12. The van der Waals surface area contributed by atoms with Gasteiger partial charge in [-0.15, -0.1) is 0 Å². The molecule has 2 rings (SSSR count). The number of hydrogen-bond donors (Lipinski definition) is 1. The summed E-state index contributed by atoms with van der Waals surface area (Å²) in [6.07, 6.45) is 2.91. The normalized spacial score (nSPS) is 11.5. The van der Waals surface area contributed by atoms with E-state index in [1.54, 1.807) is 18.2 Å². The molecule has 0 aliphatic heterocycles. The second-order valence-corrected chi connectivity index (χ2v) is 6.50. The Kier molecular flexibility index (Phi) is 5.14. The molecule has 0 spiro atoms. The Labute approximate surface area is 141 Å². The minimum Gasteiger partial charge on any atom is -0.323 e. The van der Waals surface area contributed by atoms with E-state index < -0.39 is 4.92 Å². The molecule has 0 unspecified atom stereocenters. The Morgan fingerprint density at radius 1 is 1.12 bits per heavy atom. The molecule has 0 saturated carbocycles. The summed E-state index contributed by atoms with van der Waals surface area (Å²) in [5.74, 6) is -0.287. The molecule has 5 heteroatoms. The van der Waals surface area contributed by atoms with Crippen LogP contribution < -0.4 is 5.32 Å². The van der Waals surface area contributed by atoms with Crippen LogP contribution in [0.1, 0.15) is 31.9 Å². The summed E-state index contributed by atoms with van der Waals surface area (Å²) in [6.45, 7) is 6.38. The maximum atomic E-state index is 12.0. The molecule has 0 bridgehead atoms. The van der Waals surface area contributed by atoms with Crippen molar-refractivity contribution in [2.75, 3.05) is 5.32 Å². The Bertz CT molecular complexity index is 772. The molecular formula is C19H20N2O3. The molecule has 2 aromatic rings. The van der Waals surface area contributed by atoms with Gasteiger partial charge in [0.25, 0.3) is 5.69 Å². The zero-order valence-corrected chi connectivity index (χ0v) is 13.9. The predicted molar refractivity (Wildman–Crippen MR) is 95.9 cm³/mol. The fourth-order valence-corrected chi connectivity index (χ4v) is 2.15. The Morgan fingerprint density at radius 2 is 1.79 bits per heavy atom. The molecule has 0 aromatic heterocycles. The third-order valence-electron chi connectivity index (χ3n) is 3.53. The number of benzene rings is 2. The van der Waals surface area contributed by atoms with Crippen molar-refractivity contribution in [1.29, 1.82) is 0 Å². The van der Waals surface area contributed by atoms with Gasteiger partial charge in [-0.1, -0.05) is 45.0 Å². The number of hydrogen-bond acceptors (Lipinski definition) is 3. The van der Waals surface area contributed by atoms with Crippen LogP contribution in [0.3, 0.4) is 0 Å². The molecule has 5 nitrogen and oxygen atoms in total. The van der Waals surface area contributed by atoms with Crippen molar-refractivity contribution in [3.8, 4) is 0 Å². The Hall–Kier alpha value is -2.95. The van der Waals surface area contributed by atoms with E-state index >= 15 is 0 Å². The van der Waals surface area contributed by atoms with Crippen LogP contribution in [0.2, 0.25) is 0 Å². The highest BCUT2D eigenvalue weighted by molar-refractivity contribution is 6.01. The van der Waals surface area contributed by atoms with Crippen LogP contribution in [-0.4, -0.2) is 10.8 Å². The van der Waals surface area contributed by atoms with Gasteiger partial charge >= 0.3 is 0 Å². The van der Waals surface area contributed by atoms with E-state index in [2.05, 4.69) is 26.1 Å². The number of carbonyl (C=O) groups excluding carboxylic acids is 1. The first-order valence-electron chi connectivity index (χ1n) is 7.60. The molecular weight excluding hydrogens is 304 g/mol. The van der Waals surface area contributed by atoms with Gasteiger partial charge < -0.3 is 5.32 Å².